The minimum absolute atomic E-state index is 0.0852. The van der Waals surface area contributed by atoms with E-state index >= 15 is 4.39 Å². The Morgan fingerprint density at radius 2 is 2.02 bits per heavy atom. The first kappa shape index (κ1) is 36.1. The molecule has 7 rings (SSSR count). The van der Waals surface area contributed by atoms with Gasteiger partial charge in [-0.1, -0.05) is 31.4 Å². The highest BCUT2D eigenvalue weighted by Crippen LogP contribution is 2.42. The van der Waals surface area contributed by atoms with Gasteiger partial charge < -0.3 is 24.8 Å². The second-order valence-corrected chi connectivity index (χ2v) is 15.4. The third-order valence-corrected chi connectivity index (χ3v) is 12.2. The number of terminal acetylenes is 1. The van der Waals surface area contributed by atoms with Gasteiger partial charge in [-0.05, 0) is 93.0 Å². The van der Waals surface area contributed by atoms with Crippen LogP contribution in [0.4, 0.5) is 14.6 Å². The molecular weight excluding hydrogens is 664 g/mol. The first-order chi connectivity index (χ1) is 25.0. The molecule has 4 aliphatic rings. The molecule has 1 amide bonds. The molecule has 0 unspecified atom stereocenters. The van der Waals surface area contributed by atoms with Crippen molar-refractivity contribution in [1.82, 2.24) is 19.8 Å². The number of amides is 1. The van der Waals surface area contributed by atoms with E-state index in [-0.39, 0.29) is 41.8 Å². The topological polar surface area (TPSA) is 100 Å². The number of alkyl halides is 1. The number of anilines is 1. The molecule has 2 N–H and O–H groups in total. The van der Waals surface area contributed by atoms with E-state index in [0.717, 1.165) is 55.3 Å². The van der Waals surface area contributed by atoms with Crippen LogP contribution in [-0.4, -0.2) is 94.0 Å². The number of phenolic OH excluding ortho intramolecular Hbond substituents is 1. The predicted molar refractivity (Wildman–Crippen MR) is 197 cm³/mol. The van der Waals surface area contributed by atoms with Crippen LogP contribution in [0.25, 0.3) is 10.8 Å². The molecule has 276 valence electrons. The second kappa shape index (κ2) is 14.6. The molecule has 11 heteroatoms. The van der Waals surface area contributed by atoms with Crippen LogP contribution in [0.2, 0.25) is 0 Å². The van der Waals surface area contributed by atoms with Crippen LogP contribution >= 0.6 is 0 Å². The number of aromatic hydroxyl groups is 1. The Morgan fingerprint density at radius 3 is 2.75 bits per heavy atom. The Bertz CT molecular complexity index is 1890. The van der Waals surface area contributed by atoms with Crippen molar-refractivity contribution in [2.45, 2.75) is 100 Å². The summed E-state index contributed by atoms with van der Waals surface area (Å²) in [5.41, 5.74) is 1.76. The molecule has 2 aromatic carbocycles. The molecule has 9 nitrogen and oxygen atoms in total. The summed E-state index contributed by atoms with van der Waals surface area (Å²) in [6.45, 7) is 8.18. The fraction of sp³-hybridized carbons (Fsp3) is 0.537. The number of aromatic nitrogens is 2. The van der Waals surface area contributed by atoms with E-state index in [1.54, 1.807) is 23.1 Å². The lowest BCUT2D eigenvalue weighted by atomic mass is 9.79. The van der Waals surface area contributed by atoms with E-state index in [1.165, 1.54) is 12.1 Å². The highest BCUT2D eigenvalue weighted by atomic mass is 19.1. The van der Waals surface area contributed by atoms with Gasteiger partial charge in [0.1, 0.15) is 30.2 Å². The summed E-state index contributed by atoms with van der Waals surface area (Å²) >= 11 is 0. The van der Waals surface area contributed by atoms with Crippen LogP contribution in [0.15, 0.2) is 36.9 Å². The Labute approximate surface area is 304 Å². The Hall–Kier alpha value is -4.27. The molecule has 52 heavy (non-hydrogen) atoms. The average Bonchev–Trinajstić information content (AvgIpc) is 3.76. The van der Waals surface area contributed by atoms with Crippen LogP contribution in [-0.2, 0) is 22.4 Å². The number of nitrogens with zero attached hydrogens (tertiary/aromatic N) is 4. The predicted octanol–water partition coefficient (Wildman–Crippen LogP) is 6.46. The van der Waals surface area contributed by atoms with Gasteiger partial charge in [0.2, 0.25) is 5.91 Å². The molecule has 3 fully saturated rings. The van der Waals surface area contributed by atoms with Gasteiger partial charge in [0.05, 0.1) is 22.3 Å². The largest absolute Gasteiger partial charge is 0.508 e. The number of hydrogen-bond acceptors (Lipinski definition) is 8. The number of benzene rings is 2. The van der Waals surface area contributed by atoms with Crippen LogP contribution in [0.1, 0.15) is 86.6 Å². The zero-order valence-corrected chi connectivity index (χ0v) is 30.2. The monoisotopic (exact) mass is 713 g/mol. The molecule has 2 aliphatic carbocycles. The minimum Gasteiger partial charge on any atom is -0.508 e. The number of carbonyl (C=O) groups excluding carboxylic acids is 1. The number of carbonyl (C=O) groups is 1. The molecule has 3 aromatic rings. The van der Waals surface area contributed by atoms with Crippen LogP contribution in [0, 0.1) is 18.2 Å². The van der Waals surface area contributed by atoms with Crippen LogP contribution in [0.5, 0.6) is 11.8 Å². The van der Waals surface area contributed by atoms with Crippen molar-refractivity contribution in [3.05, 3.63) is 65.1 Å². The molecule has 0 bridgehead atoms. The summed E-state index contributed by atoms with van der Waals surface area (Å²) in [6, 6.07) is 6.69. The third kappa shape index (κ3) is 6.83. The summed E-state index contributed by atoms with van der Waals surface area (Å²) in [4.78, 5) is 26.8. The van der Waals surface area contributed by atoms with Crippen LogP contribution in [0.3, 0.4) is 0 Å². The maximum absolute atomic E-state index is 15.0. The lowest BCUT2D eigenvalue weighted by molar-refractivity contribution is -0.129. The smallest absolute Gasteiger partial charge is 0.318 e. The summed E-state index contributed by atoms with van der Waals surface area (Å²) in [7, 11) is 1.84. The number of rotatable bonds is 10. The summed E-state index contributed by atoms with van der Waals surface area (Å²) in [5.74, 6) is 2.56. The molecule has 0 spiro atoms. The number of hydrogen-bond donors (Lipinski definition) is 2. The Morgan fingerprint density at radius 1 is 1.25 bits per heavy atom. The van der Waals surface area contributed by atoms with Gasteiger partial charge in [-0.3, -0.25) is 9.69 Å². The van der Waals surface area contributed by atoms with Gasteiger partial charge >= 0.3 is 6.01 Å². The van der Waals surface area contributed by atoms with Crippen molar-refractivity contribution in [2.24, 2.45) is 0 Å². The lowest BCUT2D eigenvalue weighted by Crippen LogP contribution is -2.52. The summed E-state index contributed by atoms with van der Waals surface area (Å²) in [6.07, 6.45) is 13.8. The highest BCUT2D eigenvalue weighted by Gasteiger charge is 2.47. The first-order valence-corrected chi connectivity index (χ1v) is 18.6. The van der Waals surface area contributed by atoms with Crippen LogP contribution < -0.4 is 10.1 Å². The van der Waals surface area contributed by atoms with Crippen molar-refractivity contribution < 1.29 is 28.2 Å². The first-order valence-electron chi connectivity index (χ1n) is 18.6. The Kier molecular flexibility index (Phi) is 10.2. The van der Waals surface area contributed by atoms with Gasteiger partial charge in [0.25, 0.3) is 0 Å². The zero-order valence-electron chi connectivity index (χ0n) is 30.2. The molecule has 3 heterocycles. The van der Waals surface area contributed by atoms with Crippen molar-refractivity contribution in [3.8, 4) is 24.1 Å². The number of nitrogens with one attached hydrogen (secondary N) is 1. The molecule has 2 aliphatic heterocycles. The number of halogens is 2. The molecule has 1 aromatic heterocycles. The highest BCUT2D eigenvalue weighted by molar-refractivity contribution is 5.93. The number of fused-ring (bicyclic) bond motifs is 2. The summed E-state index contributed by atoms with van der Waals surface area (Å²) < 4.78 is 42.1. The fourth-order valence-corrected chi connectivity index (χ4v) is 9.31. The maximum Gasteiger partial charge on any atom is 0.318 e. The van der Waals surface area contributed by atoms with E-state index in [4.69, 9.17) is 25.9 Å². The van der Waals surface area contributed by atoms with Crippen molar-refractivity contribution in [1.29, 1.82) is 0 Å². The summed E-state index contributed by atoms with van der Waals surface area (Å²) in [5, 5.41) is 15.6. The van der Waals surface area contributed by atoms with E-state index in [9.17, 15) is 14.3 Å². The lowest BCUT2D eigenvalue weighted by Gasteiger charge is -2.41. The van der Waals surface area contributed by atoms with Gasteiger partial charge in [-0.25, -0.2) is 8.78 Å². The van der Waals surface area contributed by atoms with Gasteiger partial charge in [-0.15, -0.1) is 6.42 Å². The van der Waals surface area contributed by atoms with E-state index < -0.39 is 23.1 Å². The number of likely N-dealkylation sites (tertiary alicyclic amines) is 1. The molecule has 1 saturated carbocycles. The molecule has 2 saturated heterocycles. The third-order valence-electron chi connectivity index (χ3n) is 12.2. The standard InChI is InChI=1S/C41H49F2N5O4/c1-5-31-34(43)12-10-27-19-30(49)21-33(37(27)31)26-9-11-32-35(20-26)45-39(46-38(32)44-24-41(15-7-8-16-41)47(4)36(50)6-2)52-25-40(3)22-28(42)23-48(40)29-13-17-51-18-14-29/h1,6,10,12,19,21,26,28-29,49H,2,7-9,11,13-18,20,22-25H2,3-4H3,(H,44,45,46)/t26-,28-,40+/m1/s1. The molecular formula is C41H49F2N5O4. The van der Waals surface area contributed by atoms with E-state index in [0.29, 0.717) is 68.6 Å². The van der Waals surface area contributed by atoms with Gasteiger partial charge in [-0.2, -0.15) is 9.97 Å². The van der Waals surface area contributed by atoms with Crippen molar-refractivity contribution in [3.63, 3.8) is 0 Å². The maximum atomic E-state index is 15.0. The quantitative estimate of drug-likeness (QED) is 0.183. The van der Waals surface area contributed by atoms with Crippen molar-refractivity contribution in [2.75, 3.05) is 45.3 Å². The fourth-order valence-electron chi connectivity index (χ4n) is 9.31. The average molecular weight is 714 g/mol. The second-order valence-electron chi connectivity index (χ2n) is 15.4. The number of likely N-dealkylation sites (N-methyl/N-ethyl adjacent to an activating group) is 1. The minimum atomic E-state index is -0.952. The number of phenols is 1. The van der Waals surface area contributed by atoms with Crippen molar-refractivity contribution >= 4 is 22.5 Å². The normalized spacial score (nSPS) is 24.7. The van der Waals surface area contributed by atoms with Gasteiger partial charge in [0.15, 0.2) is 0 Å². The van der Waals surface area contributed by atoms with E-state index in [1.807, 2.05) is 7.05 Å². The number of ether oxygens (including phenoxy) is 2. The molecule has 0 radical (unpaired) electrons. The Balaban J connectivity index is 1.23. The zero-order chi connectivity index (χ0) is 36.6. The van der Waals surface area contributed by atoms with Gasteiger partial charge in [0, 0.05) is 56.8 Å². The SMILES string of the molecule is C#Cc1c(F)ccc2cc(O)cc([C@@H]3CCc4c(nc(OC[C@]5(C)C[C@@H](F)CN5C5CCOCC5)nc4NCC4(N(C)C(=O)C=C)CCCC4)C3)c12. The van der Waals surface area contributed by atoms with E-state index in [2.05, 4.69) is 29.6 Å². The molecule has 3 atom stereocenters.